The van der Waals surface area contributed by atoms with Crippen molar-refractivity contribution in [3.05, 3.63) is 22.2 Å². The molecule has 0 bridgehead atoms. The fourth-order valence-corrected chi connectivity index (χ4v) is 2.90. The zero-order valence-electron chi connectivity index (χ0n) is 11.2. The second-order valence-corrected chi connectivity index (χ2v) is 5.46. The van der Waals surface area contributed by atoms with Gasteiger partial charge in [0.05, 0.1) is 10.6 Å². The van der Waals surface area contributed by atoms with Crippen LogP contribution in [0.25, 0.3) is 11.0 Å². The maximum Gasteiger partial charge on any atom is 0.300 e. The average Bonchev–Trinajstić information content (AvgIpc) is 2.88. The maximum atomic E-state index is 10.9. The maximum absolute atomic E-state index is 10.9. The third kappa shape index (κ3) is 2.31. The second kappa shape index (κ2) is 5.07. The molecule has 1 aromatic carbocycles. The van der Waals surface area contributed by atoms with Gasteiger partial charge in [0.15, 0.2) is 5.52 Å². The van der Waals surface area contributed by atoms with Gasteiger partial charge in [0.1, 0.15) is 0 Å². The molecule has 1 aliphatic rings. The highest BCUT2D eigenvalue weighted by molar-refractivity contribution is 5.93. The summed E-state index contributed by atoms with van der Waals surface area (Å²) in [4.78, 5) is 10.5. The number of non-ortho nitro benzene ring substituents is 1. The SMILES string of the molecule is CC1CCCC(Nc2ccc([N+](=O)[O-])c3nonc23)C1. The summed E-state index contributed by atoms with van der Waals surface area (Å²) in [7, 11) is 0. The van der Waals surface area contributed by atoms with Crippen molar-refractivity contribution in [1.82, 2.24) is 10.3 Å². The summed E-state index contributed by atoms with van der Waals surface area (Å²) < 4.78 is 4.66. The Bertz CT molecular complexity index is 640. The number of nitrogens with zero attached hydrogens (tertiary/aromatic N) is 3. The highest BCUT2D eigenvalue weighted by Crippen LogP contribution is 2.32. The van der Waals surface area contributed by atoms with Crippen LogP contribution in [-0.2, 0) is 0 Å². The number of aromatic nitrogens is 2. The molecule has 2 aromatic rings. The van der Waals surface area contributed by atoms with Gasteiger partial charge in [-0.15, -0.1) is 0 Å². The summed E-state index contributed by atoms with van der Waals surface area (Å²) in [5.74, 6) is 0.699. The van der Waals surface area contributed by atoms with Gasteiger partial charge in [-0.1, -0.05) is 19.8 Å². The Kier molecular flexibility index (Phi) is 3.25. The first-order valence-corrected chi connectivity index (χ1v) is 6.81. The molecule has 2 atom stereocenters. The fraction of sp³-hybridized carbons (Fsp3) is 0.538. The lowest BCUT2D eigenvalue weighted by molar-refractivity contribution is -0.383. The number of hydrogen-bond donors (Lipinski definition) is 1. The van der Waals surface area contributed by atoms with Crippen LogP contribution in [0, 0.1) is 16.0 Å². The molecule has 7 nitrogen and oxygen atoms in total. The van der Waals surface area contributed by atoms with E-state index in [0.717, 1.165) is 18.5 Å². The van der Waals surface area contributed by atoms with Crippen LogP contribution in [0.2, 0.25) is 0 Å². The molecule has 1 fully saturated rings. The number of hydrogen-bond acceptors (Lipinski definition) is 6. The Morgan fingerprint density at radius 3 is 2.90 bits per heavy atom. The molecule has 1 aromatic heterocycles. The minimum Gasteiger partial charge on any atom is -0.380 e. The van der Waals surface area contributed by atoms with Crippen molar-refractivity contribution in [2.24, 2.45) is 5.92 Å². The minimum absolute atomic E-state index is 0.0798. The van der Waals surface area contributed by atoms with Gasteiger partial charge in [0.25, 0.3) is 0 Å². The lowest BCUT2D eigenvalue weighted by Crippen LogP contribution is -2.26. The molecule has 0 aliphatic heterocycles. The Hall–Kier alpha value is -2.18. The first-order chi connectivity index (χ1) is 9.65. The number of nitro benzene ring substituents is 1. The van der Waals surface area contributed by atoms with Crippen molar-refractivity contribution in [3.8, 4) is 0 Å². The molecule has 3 rings (SSSR count). The van der Waals surface area contributed by atoms with E-state index in [2.05, 4.69) is 27.2 Å². The third-order valence-electron chi connectivity index (χ3n) is 3.89. The summed E-state index contributed by atoms with van der Waals surface area (Å²) in [5.41, 5.74) is 1.30. The van der Waals surface area contributed by atoms with E-state index in [1.165, 1.54) is 18.9 Å². The number of benzene rings is 1. The van der Waals surface area contributed by atoms with Crippen LogP contribution in [-0.4, -0.2) is 21.3 Å². The smallest absolute Gasteiger partial charge is 0.300 e. The van der Waals surface area contributed by atoms with E-state index in [9.17, 15) is 10.1 Å². The predicted octanol–water partition coefficient (Wildman–Crippen LogP) is 3.12. The van der Waals surface area contributed by atoms with E-state index in [-0.39, 0.29) is 11.2 Å². The molecule has 0 radical (unpaired) electrons. The number of anilines is 1. The molecule has 0 saturated heterocycles. The van der Waals surface area contributed by atoms with Crippen molar-refractivity contribution in [3.63, 3.8) is 0 Å². The molecule has 1 aliphatic carbocycles. The minimum atomic E-state index is -0.473. The number of nitro groups is 1. The van der Waals surface area contributed by atoms with Crippen molar-refractivity contribution >= 4 is 22.4 Å². The van der Waals surface area contributed by atoms with Crippen molar-refractivity contribution in [1.29, 1.82) is 0 Å². The Morgan fingerprint density at radius 2 is 2.15 bits per heavy atom. The highest BCUT2D eigenvalue weighted by Gasteiger charge is 2.23. The van der Waals surface area contributed by atoms with Gasteiger partial charge in [0.2, 0.25) is 5.52 Å². The average molecular weight is 276 g/mol. The molecule has 2 unspecified atom stereocenters. The van der Waals surface area contributed by atoms with Crippen LogP contribution in [0.3, 0.4) is 0 Å². The Balaban J connectivity index is 1.90. The molecule has 106 valence electrons. The predicted molar refractivity (Wildman–Crippen MR) is 73.5 cm³/mol. The zero-order valence-corrected chi connectivity index (χ0v) is 11.2. The number of fused-ring (bicyclic) bond motifs is 1. The van der Waals surface area contributed by atoms with Gasteiger partial charge in [-0.25, -0.2) is 4.63 Å². The number of rotatable bonds is 3. The van der Waals surface area contributed by atoms with Gasteiger partial charge in [-0.3, -0.25) is 10.1 Å². The highest BCUT2D eigenvalue weighted by atomic mass is 16.6. The number of nitrogens with one attached hydrogen (secondary N) is 1. The van der Waals surface area contributed by atoms with Crippen LogP contribution < -0.4 is 5.32 Å². The standard InChI is InChI=1S/C13H16N4O3/c1-8-3-2-4-9(7-8)14-10-5-6-11(17(18)19)13-12(10)15-20-16-13/h5-6,8-9,14H,2-4,7H2,1H3. The van der Waals surface area contributed by atoms with Crippen molar-refractivity contribution < 1.29 is 9.55 Å². The van der Waals surface area contributed by atoms with Crippen LogP contribution in [0.4, 0.5) is 11.4 Å². The third-order valence-corrected chi connectivity index (χ3v) is 3.89. The van der Waals surface area contributed by atoms with E-state index in [4.69, 9.17) is 0 Å². The van der Waals surface area contributed by atoms with E-state index in [1.54, 1.807) is 6.07 Å². The summed E-state index contributed by atoms with van der Waals surface area (Å²) >= 11 is 0. The lowest BCUT2D eigenvalue weighted by atomic mass is 9.87. The molecule has 0 amide bonds. The van der Waals surface area contributed by atoms with Crippen LogP contribution in [0.1, 0.15) is 32.6 Å². The largest absolute Gasteiger partial charge is 0.380 e. The molecule has 1 N–H and O–H groups in total. The lowest BCUT2D eigenvalue weighted by Gasteiger charge is -2.28. The van der Waals surface area contributed by atoms with Crippen LogP contribution in [0.5, 0.6) is 0 Å². The topological polar surface area (TPSA) is 94.1 Å². The van der Waals surface area contributed by atoms with Gasteiger partial charge in [-0.05, 0) is 35.1 Å². The first-order valence-electron chi connectivity index (χ1n) is 6.81. The molecular weight excluding hydrogens is 260 g/mol. The van der Waals surface area contributed by atoms with Gasteiger partial charge in [-0.2, -0.15) is 0 Å². The zero-order chi connectivity index (χ0) is 14.1. The van der Waals surface area contributed by atoms with Crippen LogP contribution in [0.15, 0.2) is 16.8 Å². The molecule has 0 spiro atoms. The monoisotopic (exact) mass is 276 g/mol. The molecule has 20 heavy (non-hydrogen) atoms. The normalized spacial score (nSPS) is 22.9. The quantitative estimate of drug-likeness (QED) is 0.683. The van der Waals surface area contributed by atoms with Crippen molar-refractivity contribution in [2.75, 3.05) is 5.32 Å². The van der Waals surface area contributed by atoms with E-state index < -0.39 is 4.92 Å². The van der Waals surface area contributed by atoms with E-state index >= 15 is 0 Å². The molecule has 7 heteroatoms. The van der Waals surface area contributed by atoms with E-state index in [1.807, 2.05) is 0 Å². The summed E-state index contributed by atoms with van der Waals surface area (Å²) in [6.45, 7) is 2.25. The first kappa shape index (κ1) is 12.8. The van der Waals surface area contributed by atoms with Crippen molar-refractivity contribution in [2.45, 2.75) is 38.6 Å². The molecule has 1 saturated carbocycles. The van der Waals surface area contributed by atoms with Gasteiger partial charge < -0.3 is 5.32 Å². The van der Waals surface area contributed by atoms with Gasteiger partial charge in [0, 0.05) is 12.1 Å². The van der Waals surface area contributed by atoms with E-state index in [0.29, 0.717) is 17.5 Å². The second-order valence-electron chi connectivity index (χ2n) is 5.46. The summed E-state index contributed by atoms with van der Waals surface area (Å²) in [6, 6.07) is 3.51. The summed E-state index contributed by atoms with van der Waals surface area (Å²) in [6.07, 6.45) is 4.67. The molecular formula is C13H16N4O3. The Morgan fingerprint density at radius 1 is 1.35 bits per heavy atom. The van der Waals surface area contributed by atoms with Gasteiger partial charge >= 0.3 is 5.69 Å². The fourth-order valence-electron chi connectivity index (χ4n) is 2.90. The summed E-state index contributed by atoms with van der Waals surface area (Å²) in [5, 5.41) is 21.8. The Labute approximate surface area is 115 Å². The molecule has 1 heterocycles. The van der Waals surface area contributed by atoms with Crippen LogP contribution >= 0.6 is 0 Å².